The van der Waals surface area contributed by atoms with Gasteiger partial charge in [-0.15, -0.1) is 0 Å². The highest BCUT2D eigenvalue weighted by molar-refractivity contribution is 7.50. The van der Waals surface area contributed by atoms with E-state index in [2.05, 4.69) is 25.0 Å². The van der Waals surface area contributed by atoms with Crippen LogP contribution in [0, 0.1) is 0 Å². The number of H-pyrrole nitrogens is 1. The molecule has 4 heterocycles. The maximum absolute atomic E-state index is 12.4. The molecule has 1 fully saturated rings. The Morgan fingerprint density at radius 3 is 2.91 bits per heavy atom. The van der Waals surface area contributed by atoms with Gasteiger partial charge in [-0.05, 0) is 18.1 Å². The van der Waals surface area contributed by atoms with Crippen LogP contribution in [-0.2, 0) is 20.2 Å². The molecule has 1 aliphatic heterocycles. The minimum Gasteiger partial charge on any atom is -0.387 e. The predicted molar refractivity (Wildman–Crippen MR) is 121 cm³/mol. The van der Waals surface area contributed by atoms with Crippen LogP contribution in [0.15, 0.2) is 43.1 Å². The van der Waals surface area contributed by atoms with E-state index in [1.54, 1.807) is 0 Å². The molecule has 4 aromatic rings. The van der Waals surface area contributed by atoms with E-state index in [1.807, 2.05) is 30.5 Å². The first kappa shape index (κ1) is 22.9. The van der Waals surface area contributed by atoms with Crippen molar-refractivity contribution in [3.8, 4) is 0 Å². The number of imidazole rings is 1. The normalized spacial score (nSPS) is 24.7. The van der Waals surface area contributed by atoms with Crippen molar-refractivity contribution < 1.29 is 28.9 Å². The number of aromatic nitrogens is 5. The Hall–Kier alpha value is -2.90. The number of fused-ring (bicyclic) bond motifs is 2. The van der Waals surface area contributed by atoms with Crippen molar-refractivity contribution in [2.75, 3.05) is 18.9 Å². The van der Waals surface area contributed by atoms with Crippen LogP contribution < -0.4 is 10.8 Å². The van der Waals surface area contributed by atoms with E-state index in [0.717, 1.165) is 16.5 Å². The quantitative estimate of drug-likeness (QED) is 0.188. The third kappa shape index (κ3) is 4.30. The molecule has 1 unspecified atom stereocenters. The number of hydrogen-bond donors (Lipinski definition) is 6. The van der Waals surface area contributed by atoms with E-state index >= 15 is 0 Å². The molecule has 0 bridgehead atoms. The summed E-state index contributed by atoms with van der Waals surface area (Å²) in [4.78, 5) is 25.4. The highest BCUT2D eigenvalue weighted by Gasteiger charge is 2.45. The fraction of sp³-hybridized carbons (Fsp3) is 0.350. The van der Waals surface area contributed by atoms with Gasteiger partial charge in [0.2, 0.25) is 0 Å². The van der Waals surface area contributed by atoms with E-state index in [0.29, 0.717) is 17.6 Å². The maximum atomic E-state index is 12.4. The minimum absolute atomic E-state index is 0.164. The zero-order valence-electron chi connectivity index (χ0n) is 17.9. The van der Waals surface area contributed by atoms with Gasteiger partial charge in [0.05, 0.1) is 12.9 Å². The van der Waals surface area contributed by atoms with Gasteiger partial charge in [-0.2, -0.15) is 0 Å². The number of nitrogens with one attached hydrogen (secondary N) is 2. The lowest BCUT2D eigenvalue weighted by Crippen LogP contribution is -2.34. The summed E-state index contributed by atoms with van der Waals surface area (Å²) in [7, 11) is -4.18. The Morgan fingerprint density at radius 2 is 2.06 bits per heavy atom. The van der Waals surface area contributed by atoms with Crippen LogP contribution in [0.3, 0.4) is 0 Å². The van der Waals surface area contributed by atoms with Crippen molar-refractivity contribution in [1.29, 1.82) is 0 Å². The molecule has 0 saturated carbocycles. The Morgan fingerprint density at radius 1 is 1.24 bits per heavy atom. The maximum Gasteiger partial charge on any atom is 0.403 e. The lowest BCUT2D eigenvalue weighted by Gasteiger charge is -2.18. The zero-order valence-corrected chi connectivity index (χ0v) is 18.7. The second-order valence-electron chi connectivity index (χ2n) is 7.96. The van der Waals surface area contributed by atoms with Crippen molar-refractivity contribution in [2.45, 2.75) is 31.0 Å². The van der Waals surface area contributed by atoms with E-state index < -0.39 is 38.9 Å². The summed E-state index contributed by atoms with van der Waals surface area (Å²) in [5.74, 6) is 0.164. The van der Waals surface area contributed by atoms with Crippen LogP contribution in [-0.4, -0.2) is 71.1 Å². The van der Waals surface area contributed by atoms with Crippen molar-refractivity contribution >= 4 is 35.6 Å². The van der Waals surface area contributed by atoms with Crippen LogP contribution in [0.1, 0.15) is 11.8 Å². The van der Waals surface area contributed by atoms with Gasteiger partial charge in [0.15, 0.2) is 17.7 Å². The van der Waals surface area contributed by atoms with E-state index in [4.69, 9.17) is 15.0 Å². The molecule has 0 radical (unpaired) electrons. The van der Waals surface area contributed by atoms with Gasteiger partial charge in [0.1, 0.15) is 30.2 Å². The second-order valence-corrected chi connectivity index (χ2v) is 9.58. The number of nitrogens with zero attached hydrogens (tertiary/aromatic N) is 4. The number of hydrogen-bond acceptors (Lipinski definition) is 9. The van der Waals surface area contributed by atoms with E-state index in [1.165, 1.54) is 17.2 Å². The third-order valence-electron chi connectivity index (χ3n) is 5.79. The number of aromatic amines is 1. The topological polar surface area (TPSA) is 194 Å². The fourth-order valence-corrected chi connectivity index (χ4v) is 4.88. The van der Waals surface area contributed by atoms with Gasteiger partial charge in [0.25, 0.3) is 0 Å². The molecule has 0 aliphatic carbocycles. The zero-order chi connectivity index (χ0) is 23.9. The highest BCUT2D eigenvalue weighted by atomic mass is 31.2. The third-order valence-corrected chi connectivity index (χ3v) is 6.92. The number of aliphatic hydroxyl groups excluding tert-OH is 2. The molecule has 1 aromatic carbocycles. The summed E-state index contributed by atoms with van der Waals surface area (Å²) in [6.45, 7) is -0.233. The standard InChI is InChI=1S/C20H24N7O6P/c21-18-15-19(24-9-23-18)27(10-25-15)20-17(29)16(28)14(33-20)8-32-34(30,31)26-6-5-11-7-22-13-4-2-1-3-12(11)13/h1-4,7,9-10,14,16-17,20,22,28-29H,5-6,8H2,(H2,21,23,24)(H2,26,30,31)/t14-,16-,17+,20-/m1/s1. The summed E-state index contributed by atoms with van der Waals surface area (Å²) in [5, 5.41) is 24.4. The Labute approximate surface area is 193 Å². The van der Waals surface area contributed by atoms with Crippen LogP contribution in [0.25, 0.3) is 22.1 Å². The summed E-state index contributed by atoms with van der Waals surface area (Å²) in [5.41, 5.74) is 8.41. The van der Waals surface area contributed by atoms with Gasteiger partial charge in [-0.1, -0.05) is 18.2 Å². The van der Waals surface area contributed by atoms with Crippen molar-refractivity contribution in [3.05, 3.63) is 48.7 Å². The average Bonchev–Trinajstić information content (AvgIpc) is 3.50. The number of para-hydroxylation sites is 1. The fourth-order valence-electron chi connectivity index (χ4n) is 4.04. The molecule has 7 N–H and O–H groups in total. The first-order valence-electron chi connectivity index (χ1n) is 10.6. The molecule has 3 aromatic heterocycles. The number of anilines is 1. The van der Waals surface area contributed by atoms with Gasteiger partial charge in [-0.3, -0.25) is 9.09 Å². The number of benzene rings is 1. The molecule has 1 aliphatic rings. The molecule has 13 nitrogen and oxygen atoms in total. The number of nitrogen functional groups attached to an aromatic ring is 1. The van der Waals surface area contributed by atoms with Crippen LogP contribution in [0.4, 0.5) is 5.82 Å². The number of ether oxygens (including phenoxy) is 1. The van der Waals surface area contributed by atoms with Crippen LogP contribution in [0.2, 0.25) is 0 Å². The highest BCUT2D eigenvalue weighted by Crippen LogP contribution is 2.39. The van der Waals surface area contributed by atoms with Crippen molar-refractivity contribution in [2.24, 2.45) is 0 Å². The van der Waals surface area contributed by atoms with E-state index in [-0.39, 0.29) is 12.4 Å². The van der Waals surface area contributed by atoms with Crippen molar-refractivity contribution in [3.63, 3.8) is 0 Å². The molecular formula is C20H24N7O6P. The molecule has 1 saturated heterocycles. The van der Waals surface area contributed by atoms with Crippen molar-refractivity contribution in [1.82, 2.24) is 29.6 Å². The Bertz CT molecular complexity index is 1360. The summed E-state index contributed by atoms with van der Waals surface area (Å²) in [6.07, 6.45) is 0.144. The molecule has 5 rings (SSSR count). The smallest absolute Gasteiger partial charge is 0.387 e. The molecule has 34 heavy (non-hydrogen) atoms. The Kier molecular flexibility index (Phi) is 6.08. The summed E-state index contributed by atoms with van der Waals surface area (Å²) < 4.78 is 24.7. The number of aliphatic hydroxyl groups is 2. The minimum atomic E-state index is -4.18. The summed E-state index contributed by atoms with van der Waals surface area (Å²) in [6, 6.07) is 7.78. The average molecular weight is 489 g/mol. The summed E-state index contributed by atoms with van der Waals surface area (Å²) >= 11 is 0. The number of rotatable bonds is 8. The molecule has 14 heteroatoms. The van der Waals surface area contributed by atoms with Gasteiger partial charge in [-0.25, -0.2) is 24.6 Å². The van der Waals surface area contributed by atoms with Crippen LogP contribution in [0.5, 0.6) is 0 Å². The Balaban J connectivity index is 1.18. The van der Waals surface area contributed by atoms with Gasteiger partial charge >= 0.3 is 7.75 Å². The van der Waals surface area contributed by atoms with Crippen LogP contribution >= 0.6 is 7.75 Å². The van der Waals surface area contributed by atoms with Gasteiger partial charge in [0, 0.05) is 23.6 Å². The molecule has 0 amide bonds. The van der Waals surface area contributed by atoms with Gasteiger partial charge < -0.3 is 30.6 Å². The van der Waals surface area contributed by atoms with E-state index in [9.17, 15) is 19.7 Å². The lowest BCUT2D eigenvalue weighted by atomic mass is 10.1. The molecular weight excluding hydrogens is 465 g/mol. The first-order valence-corrected chi connectivity index (χ1v) is 12.1. The molecule has 0 spiro atoms. The first-order chi connectivity index (χ1) is 16.3. The number of nitrogens with two attached hydrogens (primary N) is 1. The monoisotopic (exact) mass is 489 g/mol. The predicted octanol–water partition coefficient (Wildman–Crippen LogP) is 0.458. The largest absolute Gasteiger partial charge is 0.403 e. The molecule has 180 valence electrons. The SMILES string of the molecule is Nc1ncnc2c1ncn2[C@@H]1O[C@H](COP(=O)(O)NCCc2c[nH]c3ccccc23)[C@@H](O)[C@@H]1O. The second kappa shape index (κ2) is 9.04. The lowest BCUT2D eigenvalue weighted by molar-refractivity contribution is -0.0487. The molecule has 5 atom stereocenters.